The highest BCUT2D eigenvalue weighted by Crippen LogP contribution is 2.22. The number of nitrogens with one attached hydrogen (secondary N) is 1. The number of rotatable bonds is 4. The van der Waals surface area contributed by atoms with E-state index >= 15 is 0 Å². The van der Waals surface area contributed by atoms with Gasteiger partial charge in [-0.15, -0.1) is 5.10 Å². The highest BCUT2D eigenvalue weighted by atomic mass is 16.2. The van der Waals surface area contributed by atoms with E-state index < -0.39 is 17.5 Å². The maximum absolute atomic E-state index is 14.0. The van der Waals surface area contributed by atoms with Crippen LogP contribution in [0.25, 0.3) is 22.2 Å². The zero-order valence-electron chi connectivity index (χ0n) is 21.1. The second kappa shape index (κ2) is 9.46. The fraction of sp³-hybridized carbons (Fsp3) is 0.179. The molecule has 10 heteroatoms. The fourth-order valence-electron chi connectivity index (χ4n) is 4.15. The lowest BCUT2D eigenvalue weighted by Crippen LogP contribution is -2.33. The van der Waals surface area contributed by atoms with E-state index in [2.05, 4.69) is 27.2 Å². The average molecular weight is 507 g/mol. The molecule has 5 rings (SSSR count). The van der Waals surface area contributed by atoms with Crippen LogP contribution in [0.4, 0.5) is 5.82 Å². The molecule has 0 saturated heterocycles. The Morgan fingerprint density at radius 2 is 1.87 bits per heavy atom. The molecule has 0 aliphatic carbocycles. The topological polar surface area (TPSA) is 146 Å². The lowest BCUT2D eigenvalue weighted by molar-refractivity contribution is 0.0940. The minimum Gasteiger partial charge on any atom is -0.381 e. The number of nitrogen functional groups attached to an aromatic ring is 1. The summed E-state index contributed by atoms with van der Waals surface area (Å²) in [5.74, 6) is 5.93. The molecule has 5 N–H and O–H groups in total. The smallest absolute Gasteiger partial charge is 0.267 e. The number of nitrogens with two attached hydrogens (primary N) is 2. The third-order valence-electron chi connectivity index (χ3n) is 5.84. The molecular weight excluding hydrogens is 480 g/mol. The van der Waals surface area contributed by atoms with Crippen molar-refractivity contribution >= 4 is 28.3 Å². The van der Waals surface area contributed by atoms with Gasteiger partial charge in [-0.2, -0.15) is 0 Å². The number of para-hydroxylation sites is 1. The number of benzene rings is 2. The predicted octanol–water partition coefficient (Wildman–Crippen LogP) is 2.59. The molecule has 0 aliphatic rings. The molecule has 0 saturated carbocycles. The van der Waals surface area contributed by atoms with Crippen molar-refractivity contribution in [2.45, 2.75) is 32.4 Å². The summed E-state index contributed by atoms with van der Waals surface area (Å²) in [6, 6.07) is 15.4. The van der Waals surface area contributed by atoms with Crippen molar-refractivity contribution in [3.8, 4) is 17.5 Å². The van der Waals surface area contributed by atoms with Gasteiger partial charge in [0.05, 0.1) is 28.2 Å². The molecular formula is C28H26N8O2. The molecule has 0 bridgehead atoms. The lowest BCUT2D eigenvalue weighted by atomic mass is 10.1. The molecule has 0 spiro atoms. The highest BCUT2D eigenvalue weighted by Gasteiger charge is 2.24. The monoisotopic (exact) mass is 506 g/mol. The zero-order chi connectivity index (χ0) is 27.0. The number of carbonyl (C=O) groups excluding carboxylic acids is 1. The molecule has 10 nitrogen and oxygen atoms in total. The molecule has 1 amide bonds. The van der Waals surface area contributed by atoms with Crippen LogP contribution in [-0.2, 0) is 0 Å². The van der Waals surface area contributed by atoms with Crippen molar-refractivity contribution in [2.24, 2.45) is 5.73 Å². The van der Waals surface area contributed by atoms with Crippen molar-refractivity contribution in [3.63, 3.8) is 0 Å². The van der Waals surface area contributed by atoms with Crippen molar-refractivity contribution in [1.82, 2.24) is 29.5 Å². The summed E-state index contributed by atoms with van der Waals surface area (Å²) in [7, 11) is 0. The average Bonchev–Trinajstić information content (AvgIpc) is 3.23. The molecule has 0 aliphatic heterocycles. The van der Waals surface area contributed by atoms with Crippen LogP contribution in [0.2, 0.25) is 0 Å². The third kappa shape index (κ3) is 4.58. The van der Waals surface area contributed by atoms with Crippen LogP contribution in [0.3, 0.4) is 0 Å². The SMILES string of the molecule is C[C@@H](NC(=O)c1c(N)nn2cccnc12)c1nc2cccc(C#CC(C)(C)N)c2c(=O)n1-c1ccccc1. The van der Waals surface area contributed by atoms with Gasteiger partial charge in [0.1, 0.15) is 11.4 Å². The maximum Gasteiger partial charge on any atom is 0.267 e. The number of carbonyl (C=O) groups is 1. The van der Waals surface area contributed by atoms with Crippen molar-refractivity contribution in [1.29, 1.82) is 0 Å². The zero-order valence-corrected chi connectivity index (χ0v) is 21.1. The molecule has 1 atom stereocenters. The molecule has 2 aromatic carbocycles. The number of nitrogens with zero attached hydrogens (tertiary/aromatic N) is 5. The van der Waals surface area contributed by atoms with Gasteiger partial charge in [-0.25, -0.2) is 14.5 Å². The van der Waals surface area contributed by atoms with Crippen LogP contribution in [0.5, 0.6) is 0 Å². The summed E-state index contributed by atoms with van der Waals surface area (Å²) in [6.45, 7) is 5.33. The number of hydrogen-bond donors (Lipinski definition) is 3. The summed E-state index contributed by atoms with van der Waals surface area (Å²) in [6.07, 6.45) is 3.21. The molecule has 5 aromatic rings. The van der Waals surface area contributed by atoms with Gasteiger partial charge in [-0.3, -0.25) is 14.2 Å². The first kappa shape index (κ1) is 24.7. The van der Waals surface area contributed by atoms with E-state index in [1.807, 2.05) is 18.2 Å². The summed E-state index contributed by atoms with van der Waals surface area (Å²) in [5, 5.41) is 7.44. The summed E-state index contributed by atoms with van der Waals surface area (Å²) in [4.78, 5) is 36.4. The van der Waals surface area contributed by atoms with E-state index in [0.717, 1.165) is 0 Å². The van der Waals surface area contributed by atoms with Crippen LogP contribution in [0.15, 0.2) is 71.8 Å². The van der Waals surface area contributed by atoms with E-state index in [-0.39, 0.29) is 16.9 Å². The Kier molecular flexibility index (Phi) is 6.14. The van der Waals surface area contributed by atoms with Gasteiger partial charge in [0.25, 0.3) is 11.5 Å². The van der Waals surface area contributed by atoms with Gasteiger partial charge >= 0.3 is 0 Å². The summed E-state index contributed by atoms with van der Waals surface area (Å²) < 4.78 is 2.93. The molecule has 0 radical (unpaired) electrons. The van der Waals surface area contributed by atoms with Gasteiger partial charge in [0.15, 0.2) is 11.5 Å². The van der Waals surface area contributed by atoms with Gasteiger partial charge in [-0.1, -0.05) is 36.1 Å². The van der Waals surface area contributed by atoms with Gasteiger partial charge in [0.2, 0.25) is 0 Å². The first-order valence-corrected chi connectivity index (χ1v) is 12.0. The summed E-state index contributed by atoms with van der Waals surface area (Å²) in [5.41, 5.74) is 13.1. The number of aromatic nitrogens is 5. The minimum absolute atomic E-state index is 0.0476. The van der Waals surface area contributed by atoms with Crippen molar-refractivity contribution < 1.29 is 4.79 Å². The second-order valence-electron chi connectivity index (χ2n) is 9.46. The fourth-order valence-corrected chi connectivity index (χ4v) is 4.15. The first-order chi connectivity index (χ1) is 18.1. The Labute approximate surface area is 218 Å². The highest BCUT2D eigenvalue weighted by molar-refractivity contribution is 6.04. The van der Waals surface area contributed by atoms with Gasteiger partial charge in [-0.05, 0) is 51.1 Å². The molecule has 0 fully saturated rings. The van der Waals surface area contributed by atoms with Gasteiger partial charge in [0, 0.05) is 18.0 Å². The Bertz CT molecular complexity index is 1800. The summed E-state index contributed by atoms with van der Waals surface area (Å²) >= 11 is 0. The lowest BCUT2D eigenvalue weighted by Gasteiger charge is -2.20. The van der Waals surface area contributed by atoms with Crippen LogP contribution >= 0.6 is 0 Å². The second-order valence-corrected chi connectivity index (χ2v) is 9.46. The maximum atomic E-state index is 14.0. The number of amides is 1. The normalized spacial score (nSPS) is 12.2. The molecule has 3 aromatic heterocycles. The molecule has 3 heterocycles. The Hall–Kier alpha value is -5.01. The Morgan fingerprint density at radius 1 is 1.11 bits per heavy atom. The quantitative estimate of drug-likeness (QED) is 0.318. The first-order valence-electron chi connectivity index (χ1n) is 12.0. The van der Waals surface area contributed by atoms with E-state index in [1.54, 1.807) is 69.6 Å². The number of hydrogen-bond acceptors (Lipinski definition) is 7. The van der Waals surface area contributed by atoms with Crippen LogP contribution < -0.4 is 22.3 Å². The standard InChI is InChI=1S/C28H26N8O2/c1-17(32-26(37)22-23(29)34-35-16-8-15-31-25(22)35)24-33-20-12-7-9-18(13-14-28(2,3)30)21(20)27(38)36(24)19-10-5-4-6-11-19/h4-12,15-17H,30H2,1-3H3,(H2,29,34)(H,32,37)/t17-/m1/s1. The molecule has 38 heavy (non-hydrogen) atoms. The third-order valence-corrected chi connectivity index (χ3v) is 5.84. The van der Waals surface area contributed by atoms with Crippen LogP contribution in [-0.4, -0.2) is 35.6 Å². The van der Waals surface area contributed by atoms with Gasteiger partial charge < -0.3 is 16.8 Å². The van der Waals surface area contributed by atoms with Crippen molar-refractivity contribution in [3.05, 3.63) is 94.3 Å². The number of anilines is 1. The number of fused-ring (bicyclic) bond motifs is 2. The van der Waals surface area contributed by atoms with E-state index in [9.17, 15) is 9.59 Å². The van der Waals surface area contributed by atoms with Crippen molar-refractivity contribution in [2.75, 3.05) is 5.73 Å². The van der Waals surface area contributed by atoms with E-state index in [0.29, 0.717) is 33.6 Å². The minimum atomic E-state index is -0.735. The molecule has 0 unspecified atom stereocenters. The Balaban J connectivity index is 1.66. The molecule has 190 valence electrons. The Morgan fingerprint density at radius 3 is 2.61 bits per heavy atom. The van der Waals surface area contributed by atoms with Crippen LogP contribution in [0.1, 0.15) is 48.6 Å². The van der Waals surface area contributed by atoms with Crippen LogP contribution in [0, 0.1) is 11.8 Å². The largest absolute Gasteiger partial charge is 0.381 e. The van der Waals surface area contributed by atoms with E-state index in [4.69, 9.17) is 16.5 Å². The van der Waals surface area contributed by atoms with E-state index in [1.165, 1.54) is 9.08 Å². The predicted molar refractivity (Wildman–Crippen MR) is 146 cm³/mol.